The van der Waals surface area contributed by atoms with E-state index in [0.29, 0.717) is 12.1 Å². The SMILES string of the molecule is N[C@@H](Cc1ccc(O)cc1)C(=O)Nc1cc(Br)ccc1O. The van der Waals surface area contributed by atoms with E-state index in [-0.39, 0.29) is 11.5 Å². The summed E-state index contributed by atoms with van der Waals surface area (Å²) in [5.41, 5.74) is 7.00. The van der Waals surface area contributed by atoms with Crippen molar-refractivity contribution in [3.05, 3.63) is 52.5 Å². The molecule has 1 amide bonds. The third kappa shape index (κ3) is 4.21. The number of hydrogen-bond donors (Lipinski definition) is 4. The van der Waals surface area contributed by atoms with Crippen LogP contribution >= 0.6 is 15.9 Å². The highest BCUT2D eigenvalue weighted by atomic mass is 79.9. The predicted octanol–water partition coefficient (Wildman–Crippen LogP) is 2.37. The Hall–Kier alpha value is -2.05. The molecule has 0 saturated carbocycles. The van der Waals surface area contributed by atoms with Crippen molar-refractivity contribution in [3.63, 3.8) is 0 Å². The first-order valence-electron chi connectivity index (χ1n) is 6.28. The molecule has 110 valence electrons. The maximum Gasteiger partial charge on any atom is 0.241 e. The molecule has 2 aromatic carbocycles. The van der Waals surface area contributed by atoms with Gasteiger partial charge in [-0.3, -0.25) is 4.79 Å². The van der Waals surface area contributed by atoms with Gasteiger partial charge in [-0.25, -0.2) is 0 Å². The zero-order valence-corrected chi connectivity index (χ0v) is 12.7. The number of benzene rings is 2. The van der Waals surface area contributed by atoms with Crippen LogP contribution in [0.25, 0.3) is 0 Å². The van der Waals surface area contributed by atoms with Crippen molar-refractivity contribution in [1.29, 1.82) is 0 Å². The molecule has 0 spiro atoms. The van der Waals surface area contributed by atoms with Crippen LogP contribution < -0.4 is 11.1 Å². The van der Waals surface area contributed by atoms with Gasteiger partial charge in [-0.1, -0.05) is 28.1 Å². The Labute approximate surface area is 130 Å². The summed E-state index contributed by atoms with van der Waals surface area (Å²) in [6, 6.07) is 10.5. The van der Waals surface area contributed by atoms with Crippen LogP contribution in [0.5, 0.6) is 11.5 Å². The van der Waals surface area contributed by atoms with Crippen LogP contribution in [0.2, 0.25) is 0 Å². The number of nitrogens with one attached hydrogen (secondary N) is 1. The van der Waals surface area contributed by atoms with Crippen LogP contribution in [0.15, 0.2) is 46.9 Å². The van der Waals surface area contributed by atoms with Crippen molar-refractivity contribution in [2.24, 2.45) is 5.73 Å². The van der Waals surface area contributed by atoms with Gasteiger partial charge < -0.3 is 21.3 Å². The highest BCUT2D eigenvalue weighted by Gasteiger charge is 2.16. The first kappa shape index (κ1) is 15.3. The summed E-state index contributed by atoms with van der Waals surface area (Å²) in [7, 11) is 0. The summed E-state index contributed by atoms with van der Waals surface area (Å²) < 4.78 is 0.739. The van der Waals surface area contributed by atoms with E-state index in [4.69, 9.17) is 5.73 Å². The quantitative estimate of drug-likeness (QED) is 0.636. The number of nitrogens with two attached hydrogens (primary N) is 1. The smallest absolute Gasteiger partial charge is 0.241 e. The van der Waals surface area contributed by atoms with Crippen molar-refractivity contribution in [2.75, 3.05) is 5.32 Å². The lowest BCUT2D eigenvalue weighted by Crippen LogP contribution is -2.37. The third-order valence-corrected chi connectivity index (χ3v) is 3.44. The van der Waals surface area contributed by atoms with Crippen molar-refractivity contribution >= 4 is 27.5 Å². The fourth-order valence-corrected chi connectivity index (χ4v) is 2.17. The Kier molecular flexibility index (Phi) is 4.82. The molecule has 2 aromatic rings. The van der Waals surface area contributed by atoms with Gasteiger partial charge in [0.1, 0.15) is 11.5 Å². The fraction of sp³-hybridized carbons (Fsp3) is 0.133. The Bertz CT molecular complexity index is 644. The molecule has 0 aliphatic rings. The molecule has 0 aliphatic heterocycles. The molecular weight excluding hydrogens is 336 g/mol. The summed E-state index contributed by atoms with van der Waals surface area (Å²) in [4.78, 5) is 12.0. The summed E-state index contributed by atoms with van der Waals surface area (Å²) in [6.07, 6.45) is 0.334. The molecule has 2 rings (SSSR count). The van der Waals surface area contributed by atoms with Crippen LogP contribution in [-0.2, 0) is 11.2 Å². The minimum absolute atomic E-state index is 0.0246. The minimum atomic E-state index is -0.757. The standard InChI is InChI=1S/C15H15BrN2O3/c16-10-3-6-14(20)13(8-10)18-15(21)12(17)7-9-1-4-11(19)5-2-9/h1-6,8,12,19-20H,7,17H2,(H,18,21)/t12-/m0/s1. The molecular formula is C15H15BrN2O3. The number of carbonyl (C=O) groups is 1. The van der Waals surface area contributed by atoms with Crippen molar-refractivity contribution in [3.8, 4) is 11.5 Å². The summed E-state index contributed by atoms with van der Waals surface area (Å²) in [5.74, 6) is -0.254. The normalized spacial score (nSPS) is 11.9. The minimum Gasteiger partial charge on any atom is -0.508 e. The average Bonchev–Trinajstić information content (AvgIpc) is 2.45. The number of phenols is 2. The van der Waals surface area contributed by atoms with Gasteiger partial charge in [-0.05, 0) is 42.3 Å². The number of anilines is 1. The molecule has 1 atom stereocenters. The third-order valence-electron chi connectivity index (χ3n) is 2.95. The Morgan fingerprint density at radius 3 is 2.52 bits per heavy atom. The number of hydrogen-bond acceptors (Lipinski definition) is 4. The lowest BCUT2D eigenvalue weighted by molar-refractivity contribution is -0.117. The summed E-state index contributed by atoms with van der Waals surface area (Å²) >= 11 is 3.27. The molecule has 0 radical (unpaired) electrons. The van der Waals surface area contributed by atoms with Crippen LogP contribution in [0, 0.1) is 0 Å². The zero-order valence-electron chi connectivity index (χ0n) is 11.1. The van der Waals surface area contributed by atoms with Crippen LogP contribution in [0.4, 0.5) is 5.69 Å². The maximum atomic E-state index is 12.0. The van der Waals surface area contributed by atoms with E-state index in [0.717, 1.165) is 10.0 Å². The van der Waals surface area contributed by atoms with Crippen LogP contribution in [0.1, 0.15) is 5.56 Å². The molecule has 0 saturated heterocycles. The van der Waals surface area contributed by atoms with Crippen molar-refractivity contribution in [2.45, 2.75) is 12.5 Å². The van der Waals surface area contributed by atoms with E-state index in [2.05, 4.69) is 21.2 Å². The highest BCUT2D eigenvalue weighted by molar-refractivity contribution is 9.10. The lowest BCUT2D eigenvalue weighted by Gasteiger charge is -2.13. The molecule has 5 N–H and O–H groups in total. The van der Waals surface area contributed by atoms with E-state index in [1.807, 2.05) is 0 Å². The highest BCUT2D eigenvalue weighted by Crippen LogP contribution is 2.26. The van der Waals surface area contributed by atoms with Gasteiger partial charge >= 0.3 is 0 Å². The number of carbonyl (C=O) groups excluding carboxylic acids is 1. The van der Waals surface area contributed by atoms with Gasteiger partial charge in [0.15, 0.2) is 0 Å². The zero-order chi connectivity index (χ0) is 15.4. The van der Waals surface area contributed by atoms with Gasteiger partial charge in [0.2, 0.25) is 5.91 Å². The average molecular weight is 351 g/mol. The van der Waals surface area contributed by atoms with Gasteiger partial charge in [0, 0.05) is 4.47 Å². The number of amides is 1. The molecule has 0 bridgehead atoms. The largest absolute Gasteiger partial charge is 0.508 e. The van der Waals surface area contributed by atoms with Gasteiger partial charge in [0.05, 0.1) is 11.7 Å². The van der Waals surface area contributed by atoms with Crippen molar-refractivity contribution < 1.29 is 15.0 Å². The van der Waals surface area contributed by atoms with E-state index in [1.54, 1.807) is 36.4 Å². The topological polar surface area (TPSA) is 95.6 Å². The Morgan fingerprint density at radius 1 is 1.19 bits per heavy atom. The van der Waals surface area contributed by atoms with E-state index >= 15 is 0 Å². The molecule has 21 heavy (non-hydrogen) atoms. The monoisotopic (exact) mass is 350 g/mol. The maximum absolute atomic E-state index is 12.0. The van der Waals surface area contributed by atoms with Gasteiger partial charge in [-0.2, -0.15) is 0 Å². The Morgan fingerprint density at radius 2 is 1.86 bits per heavy atom. The van der Waals surface area contributed by atoms with Crippen LogP contribution in [0.3, 0.4) is 0 Å². The van der Waals surface area contributed by atoms with Crippen LogP contribution in [-0.4, -0.2) is 22.2 Å². The Balaban J connectivity index is 2.02. The molecule has 0 aliphatic carbocycles. The lowest BCUT2D eigenvalue weighted by atomic mass is 10.1. The second kappa shape index (κ2) is 6.60. The van der Waals surface area contributed by atoms with E-state index in [1.165, 1.54) is 6.07 Å². The number of halogens is 1. The molecule has 0 aromatic heterocycles. The first-order chi connectivity index (χ1) is 9.95. The van der Waals surface area contributed by atoms with E-state index in [9.17, 15) is 15.0 Å². The first-order valence-corrected chi connectivity index (χ1v) is 7.08. The fourth-order valence-electron chi connectivity index (χ4n) is 1.81. The van der Waals surface area contributed by atoms with Gasteiger partial charge in [-0.15, -0.1) is 0 Å². The summed E-state index contributed by atoms with van der Waals surface area (Å²) in [5, 5.41) is 21.5. The molecule has 5 nitrogen and oxygen atoms in total. The number of aromatic hydroxyl groups is 2. The number of phenolic OH excluding ortho intramolecular Hbond substituents is 2. The van der Waals surface area contributed by atoms with E-state index < -0.39 is 11.9 Å². The molecule has 0 fully saturated rings. The van der Waals surface area contributed by atoms with Crippen molar-refractivity contribution in [1.82, 2.24) is 0 Å². The second-order valence-corrected chi connectivity index (χ2v) is 5.54. The predicted molar refractivity (Wildman–Crippen MR) is 84.2 cm³/mol. The molecule has 0 heterocycles. The van der Waals surface area contributed by atoms with Gasteiger partial charge in [0.25, 0.3) is 0 Å². The molecule has 0 unspecified atom stereocenters. The molecule has 6 heteroatoms. The number of rotatable bonds is 4. The second-order valence-electron chi connectivity index (χ2n) is 4.63. The summed E-state index contributed by atoms with van der Waals surface area (Å²) in [6.45, 7) is 0.